The first kappa shape index (κ1) is 11.5. The minimum Gasteiger partial charge on any atom is -0.478 e. The summed E-state index contributed by atoms with van der Waals surface area (Å²) in [6, 6.07) is 12.9. The third-order valence-electron chi connectivity index (χ3n) is 3.11. The maximum atomic E-state index is 11.0. The zero-order valence-corrected chi connectivity index (χ0v) is 10.4. The number of carboxylic acids is 1. The molecule has 0 fully saturated rings. The number of imidazole rings is 1. The van der Waals surface area contributed by atoms with E-state index in [4.69, 9.17) is 5.11 Å². The van der Waals surface area contributed by atoms with Crippen LogP contribution in [-0.2, 0) is 0 Å². The molecule has 0 aliphatic heterocycles. The lowest BCUT2D eigenvalue weighted by atomic mass is 10.2. The predicted molar refractivity (Wildman–Crippen MR) is 72.8 cm³/mol. The summed E-state index contributed by atoms with van der Waals surface area (Å²) in [5, 5.41) is 9.05. The fourth-order valence-corrected chi connectivity index (χ4v) is 2.05. The molecule has 94 valence electrons. The molecule has 0 spiro atoms. The van der Waals surface area contributed by atoms with E-state index < -0.39 is 5.97 Å². The molecule has 1 aromatic heterocycles. The van der Waals surface area contributed by atoms with Gasteiger partial charge in [0.2, 0.25) is 0 Å². The number of rotatable bonds is 2. The molecule has 4 nitrogen and oxygen atoms in total. The summed E-state index contributed by atoms with van der Waals surface area (Å²) in [5.41, 5.74) is 3.99. The molecule has 0 saturated carbocycles. The highest BCUT2D eigenvalue weighted by molar-refractivity contribution is 5.92. The average molecular weight is 252 g/mol. The van der Waals surface area contributed by atoms with Gasteiger partial charge >= 0.3 is 5.97 Å². The van der Waals surface area contributed by atoms with Crippen LogP contribution in [0, 0.1) is 6.92 Å². The van der Waals surface area contributed by atoms with Gasteiger partial charge in [0.05, 0.1) is 16.6 Å². The molecule has 3 aromatic rings. The second-order valence-corrected chi connectivity index (χ2v) is 4.46. The van der Waals surface area contributed by atoms with Crippen molar-refractivity contribution in [3.8, 4) is 5.69 Å². The summed E-state index contributed by atoms with van der Waals surface area (Å²) in [6.45, 7) is 2.03. The number of carbonyl (C=O) groups is 1. The fraction of sp³-hybridized carbons (Fsp3) is 0.0667. The Morgan fingerprint density at radius 2 is 1.89 bits per heavy atom. The van der Waals surface area contributed by atoms with Crippen LogP contribution in [0.1, 0.15) is 15.9 Å². The number of fused-ring (bicyclic) bond motifs is 1. The molecule has 2 aromatic carbocycles. The third-order valence-corrected chi connectivity index (χ3v) is 3.11. The van der Waals surface area contributed by atoms with Gasteiger partial charge in [0, 0.05) is 5.69 Å². The fourth-order valence-electron chi connectivity index (χ4n) is 2.05. The first-order valence-corrected chi connectivity index (χ1v) is 5.92. The van der Waals surface area contributed by atoms with Gasteiger partial charge in [-0.3, -0.25) is 4.57 Å². The maximum Gasteiger partial charge on any atom is 0.335 e. The van der Waals surface area contributed by atoms with E-state index in [1.807, 2.05) is 35.8 Å². The van der Waals surface area contributed by atoms with Crippen molar-refractivity contribution < 1.29 is 9.90 Å². The van der Waals surface area contributed by atoms with E-state index in [1.165, 1.54) is 5.56 Å². The second kappa shape index (κ2) is 4.24. The number of aryl methyl sites for hydroxylation is 1. The molecule has 0 bridgehead atoms. The molecule has 0 atom stereocenters. The van der Waals surface area contributed by atoms with Crippen molar-refractivity contribution in [3.63, 3.8) is 0 Å². The SMILES string of the molecule is Cc1ccc(-n2cnc3ccc(C(=O)O)cc32)cc1. The van der Waals surface area contributed by atoms with E-state index in [-0.39, 0.29) is 5.56 Å². The van der Waals surface area contributed by atoms with Gasteiger partial charge in [-0.2, -0.15) is 0 Å². The van der Waals surface area contributed by atoms with Gasteiger partial charge in [-0.25, -0.2) is 9.78 Å². The lowest BCUT2D eigenvalue weighted by molar-refractivity contribution is 0.0697. The standard InChI is InChI=1S/C15H12N2O2/c1-10-2-5-12(6-3-10)17-9-16-13-7-4-11(15(18)19)8-14(13)17/h2-9H,1H3,(H,18,19). The number of hydrogen-bond acceptors (Lipinski definition) is 2. The number of aromatic carboxylic acids is 1. The molecule has 1 N–H and O–H groups in total. The van der Waals surface area contributed by atoms with E-state index in [0.29, 0.717) is 0 Å². The minimum absolute atomic E-state index is 0.265. The Morgan fingerprint density at radius 3 is 2.58 bits per heavy atom. The molecule has 1 heterocycles. The van der Waals surface area contributed by atoms with E-state index in [2.05, 4.69) is 4.98 Å². The van der Waals surface area contributed by atoms with Crippen molar-refractivity contribution in [2.75, 3.05) is 0 Å². The number of aromatic nitrogens is 2. The topological polar surface area (TPSA) is 55.1 Å². The van der Waals surface area contributed by atoms with Crippen molar-refractivity contribution in [1.29, 1.82) is 0 Å². The molecule has 0 saturated heterocycles. The van der Waals surface area contributed by atoms with Crippen molar-refractivity contribution in [2.45, 2.75) is 6.92 Å². The van der Waals surface area contributed by atoms with Crippen LogP contribution < -0.4 is 0 Å². The van der Waals surface area contributed by atoms with Gasteiger partial charge in [0.25, 0.3) is 0 Å². The van der Waals surface area contributed by atoms with Gasteiger partial charge in [-0.15, -0.1) is 0 Å². The molecule has 4 heteroatoms. The zero-order valence-electron chi connectivity index (χ0n) is 10.4. The van der Waals surface area contributed by atoms with Gasteiger partial charge in [-0.1, -0.05) is 17.7 Å². The molecule has 0 aliphatic rings. The highest BCUT2D eigenvalue weighted by Gasteiger charge is 2.08. The van der Waals surface area contributed by atoms with Crippen molar-refractivity contribution in [3.05, 3.63) is 59.9 Å². The number of hydrogen-bond donors (Lipinski definition) is 1. The van der Waals surface area contributed by atoms with Gasteiger partial charge in [-0.05, 0) is 37.3 Å². The van der Waals surface area contributed by atoms with E-state index in [1.54, 1.807) is 24.5 Å². The average Bonchev–Trinajstić information content (AvgIpc) is 2.82. The van der Waals surface area contributed by atoms with Crippen LogP contribution in [0.3, 0.4) is 0 Å². The largest absolute Gasteiger partial charge is 0.478 e. The quantitative estimate of drug-likeness (QED) is 0.762. The van der Waals surface area contributed by atoms with Crippen molar-refractivity contribution in [1.82, 2.24) is 9.55 Å². The Balaban J connectivity index is 2.21. The van der Waals surface area contributed by atoms with Crippen LogP contribution in [0.15, 0.2) is 48.8 Å². The second-order valence-electron chi connectivity index (χ2n) is 4.46. The maximum absolute atomic E-state index is 11.0. The third kappa shape index (κ3) is 1.97. The van der Waals surface area contributed by atoms with Crippen LogP contribution in [0.25, 0.3) is 16.7 Å². The summed E-state index contributed by atoms with van der Waals surface area (Å²) in [6.07, 6.45) is 1.71. The highest BCUT2D eigenvalue weighted by atomic mass is 16.4. The Hall–Kier alpha value is -2.62. The molecule has 3 rings (SSSR count). The Morgan fingerprint density at radius 1 is 1.16 bits per heavy atom. The highest BCUT2D eigenvalue weighted by Crippen LogP contribution is 2.20. The number of carboxylic acid groups (broad SMARTS) is 1. The van der Waals surface area contributed by atoms with E-state index >= 15 is 0 Å². The Kier molecular flexibility index (Phi) is 2.56. The summed E-state index contributed by atoms with van der Waals surface area (Å²) >= 11 is 0. The zero-order chi connectivity index (χ0) is 13.4. The van der Waals surface area contributed by atoms with Crippen LogP contribution in [0.4, 0.5) is 0 Å². The summed E-state index contributed by atoms with van der Waals surface area (Å²) < 4.78 is 1.89. The van der Waals surface area contributed by atoms with E-state index in [0.717, 1.165) is 16.7 Å². The van der Waals surface area contributed by atoms with Crippen LogP contribution in [0.2, 0.25) is 0 Å². The smallest absolute Gasteiger partial charge is 0.335 e. The lowest BCUT2D eigenvalue weighted by Gasteiger charge is -2.05. The van der Waals surface area contributed by atoms with Gasteiger partial charge < -0.3 is 5.11 Å². The van der Waals surface area contributed by atoms with Crippen molar-refractivity contribution in [2.24, 2.45) is 0 Å². The predicted octanol–water partition coefficient (Wildman–Crippen LogP) is 3.03. The normalized spacial score (nSPS) is 10.8. The van der Waals surface area contributed by atoms with Crippen molar-refractivity contribution >= 4 is 17.0 Å². The number of nitrogens with zero attached hydrogens (tertiary/aromatic N) is 2. The monoisotopic (exact) mass is 252 g/mol. The first-order valence-electron chi connectivity index (χ1n) is 5.92. The summed E-state index contributed by atoms with van der Waals surface area (Å²) in [7, 11) is 0. The Labute approximate surface area is 109 Å². The lowest BCUT2D eigenvalue weighted by Crippen LogP contribution is -1.97. The first-order chi connectivity index (χ1) is 9.15. The summed E-state index contributed by atoms with van der Waals surface area (Å²) in [5.74, 6) is -0.932. The molecule has 19 heavy (non-hydrogen) atoms. The number of benzene rings is 2. The molecule has 0 radical (unpaired) electrons. The molecule has 0 aliphatic carbocycles. The summed E-state index contributed by atoms with van der Waals surface area (Å²) in [4.78, 5) is 15.3. The molecular formula is C15H12N2O2. The molecule has 0 amide bonds. The van der Waals surface area contributed by atoms with Crippen LogP contribution in [-0.4, -0.2) is 20.6 Å². The Bertz CT molecular complexity index is 757. The molecular weight excluding hydrogens is 240 g/mol. The van der Waals surface area contributed by atoms with Crippen LogP contribution in [0.5, 0.6) is 0 Å². The van der Waals surface area contributed by atoms with Gasteiger partial charge in [0.15, 0.2) is 0 Å². The minimum atomic E-state index is -0.932. The van der Waals surface area contributed by atoms with Crippen LogP contribution >= 0.6 is 0 Å². The van der Waals surface area contributed by atoms with Gasteiger partial charge in [0.1, 0.15) is 6.33 Å². The van der Waals surface area contributed by atoms with E-state index in [9.17, 15) is 4.79 Å². The molecule has 0 unspecified atom stereocenters.